The molecule has 0 radical (unpaired) electrons. The molecule has 1 aliphatic heterocycles. The molecule has 0 aliphatic carbocycles. The molecule has 138 valence electrons. The zero-order valence-corrected chi connectivity index (χ0v) is 14.9. The first-order chi connectivity index (χ1) is 12.6. The van der Waals surface area contributed by atoms with Gasteiger partial charge in [-0.1, -0.05) is 67.6 Å². The molecule has 5 nitrogen and oxygen atoms in total. The highest BCUT2D eigenvalue weighted by atomic mass is 16.5. The Labute approximate surface area is 153 Å². The minimum Gasteiger partial charge on any atom is -0.390 e. The van der Waals surface area contributed by atoms with Gasteiger partial charge in [0.1, 0.15) is 0 Å². The first kappa shape index (κ1) is 18.6. The number of amides is 1. The largest absolute Gasteiger partial charge is 0.390 e. The average molecular weight is 355 g/mol. The molecule has 1 aliphatic rings. The topological polar surface area (TPSA) is 70.0 Å². The Hall–Kier alpha value is -2.21. The number of carbonyl (C=O) groups is 1. The molecule has 2 aromatic rings. The van der Waals surface area contributed by atoms with Crippen LogP contribution in [0.1, 0.15) is 18.1 Å². The van der Waals surface area contributed by atoms with Crippen LogP contribution in [0.4, 0.5) is 0 Å². The predicted octanol–water partition coefficient (Wildman–Crippen LogP) is 1.97. The molecule has 5 heteroatoms. The second-order valence-electron chi connectivity index (χ2n) is 6.81. The molecule has 3 rings (SSSR count). The van der Waals surface area contributed by atoms with Gasteiger partial charge >= 0.3 is 0 Å². The molecule has 0 bridgehead atoms. The quantitative estimate of drug-likeness (QED) is 0.831. The van der Waals surface area contributed by atoms with Crippen molar-refractivity contribution in [2.45, 2.75) is 38.3 Å². The summed E-state index contributed by atoms with van der Waals surface area (Å²) < 4.78 is 5.84. The van der Waals surface area contributed by atoms with Crippen LogP contribution in [0.3, 0.4) is 0 Å². The molecule has 1 fully saturated rings. The number of aliphatic hydroxyl groups is 2. The lowest BCUT2D eigenvalue weighted by Gasteiger charge is -2.44. The third kappa shape index (κ3) is 4.12. The Morgan fingerprint density at radius 3 is 2.15 bits per heavy atom. The van der Waals surface area contributed by atoms with Crippen LogP contribution in [0.2, 0.25) is 0 Å². The van der Waals surface area contributed by atoms with Gasteiger partial charge in [0.25, 0.3) is 5.91 Å². The van der Waals surface area contributed by atoms with E-state index in [-0.39, 0.29) is 12.0 Å². The highest BCUT2D eigenvalue weighted by molar-refractivity contribution is 5.82. The number of carbonyl (C=O) groups excluding carboxylic acids is 1. The highest BCUT2D eigenvalue weighted by Crippen LogP contribution is 2.27. The third-order valence-corrected chi connectivity index (χ3v) is 5.00. The second kappa shape index (κ2) is 8.45. The fraction of sp³-hybridized carbons (Fsp3) is 0.381. The van der Waals surface area contributed by atoms with Crippen LogP contribution in [-0.4, -0.2) is 45.9 Å². The second-order valence-corrected chi connectivity index (χ2v) is 6.81. The zero-order chi connectivity index (χ0) is 18.5. The van der Waals surface area contributed by atoms with Crippen molar-refractivity contribution in [3.8, 4) is 0 Å². The van der Waals surface area contributed by atoms with E-state index in [9.17, 15) is 15.0 Å². The molecular weight excluding hydrogens is 330 g/mol. The van der Waals surface area contributed by atoms with Gasteiger partial charge in [-0.25, -0.2) is 0 Å². The van der Waals surface area contributed by atoms with E-state index in [1.54, 1.807) is 4.90 Å². The van der Waals surface area contributed by atoms with Gasteiger partial charge in [0.05, 0.1) is 25.4 Å². The van der Waals surface area contributed by atoms with E-state index in [4.69, 9.17) is 4.74 Å². The van der Waals surface area contributed by atoms with E-state index in [2.05, 4.69) is 0 Å². The molecule has 4 unspecified atom stereocenters. The lowest BCUT2D eigenvalue weighted by Crippen LogP contribution is -2.61. The van der Waals surface area contributed by atoms with Gasteiger partial charge in [0, 0.05) is 12.5 Å². The number of likely N-dealkylation sites (tertiary alicyclic amines) is 1. The smallest absolute Gasteiger partial charge is 0.254 e. The Kier molecular flexibility index (Phi) is 6.04. The van der Waals surface area contributed by atoms with E-state index in [1.807, 2.05) is 67.6 Å². The molecule has 0 aromatic heterocycles. The number of hydrogen-bond acceptors (Lipinski definition) is 4. The predicted molar refractivity (Wildman–Crippen MR) is 98.1 cm³/mol. The fourth-order valence-corrected chi connectivity index (χ4v) is 3.37. The lowest BCUT2D eigenvalue weighted by molar-refractivity contribution is -0.169. The Morgan fingerprint density at radius 2 is 1.54 bits per heavy atom. The number of aliphatic hydroxyl groups excluding tert-OH is 2. The van der Waals surface area contributed by atoms with Crippen molar-refractivity contribution >= 4 is 5.91 Å². The first-order valence-corrected chi connectivity index (χ1v) is 8.90. The monoisotopic (exact) mass is 355 g/mol. The number of nitrogens with zero attached hydrogens (tertiary/aromatic N) is 1. The number of benzene rings is 2. The minimum absolute atomic E-state index is 0.290. The summed E-state index contributed by atoms with van der Waals surface area (Å²) in [4.78, 5) is 14.2. The van der Waals surface area contributed by atoms with Crippen LogP contribution in [-0.2, 0) is 22.7 Å². The van der Waals surface area contributed by atoms with Crippen molar-refractivity contribution in [1.29, 1.82) is 0 Å². The summed E-state index contributed by atoms with van der Waals surface area (Å²) in [7, 11) is 0. The van der Waals surface area contributed by atoms with Gasteiger partial charge in [-0.2, -0.15) is 0 Å². The van der Waals surface area contributed by atoms with Crippen molar-refractivity contribution in [3.63, 3.8) is 0 Å². The molecule has 0 saturated carbocycles. The van der Waals surface area contributed by atoms with Gasteiger partial charge in [0.15, 0.2) is 6.10 Å². The van der Waals surface area contributed by atoms with E-state index in [0.717, 1.165) is 11.1 Å². The summed E-state index contributed by atoms with van der Waals surface area (Å²) in [5.74, 6) is -0.741. The van der Waals surface area contributed by atoms with E-state index in [1.165, 1.54) is 0 Å². The van der Waals surface area contributed by atoms with Crippen molar-refractivity contribution < 1.29 is 19.7 Å². The highest BCUT2D eigenvalue weighted by Gasteiger charge is 2.45. The molecule has 1 heterocycles. The maximum atomic E-state index is 12.6. The molecular formula is C21H25NO4. The first-order valence-electron chi connectivity index (χ1n) is 8.90. The maximum Gasteiger partial charge on any atom is 0.254 e. The van der Waals surface area contributed by atoms with Crippen LogP contribution in [0.15, 0.2) is 60.7 Å². The number of ether oxygens (including phenoxy) is 1. The third-order valence-electron chi connectivity index (χ3n) is 5.00. The van der Waals surface area contributed by atoms with Crippen LogP contribution >= 0.6 is 0 Å². The standard InChI is InChI=1S/C21H25NO4/c1-15-18(14-26-13-17-10-6-3-7-11-17)22(21(25)20(24)19(15)23)12-16-8-4-2-5-9-16/h2-11,15,18-20,23-24H,12-14H2,1H3. The van der Waals surface area contributed by atoms with Gasteiger partial charge in [-0.3, -0.25) is 4.79 Å². The van der Waals surface area contributed by atoms with Crippen LogP contribution in [0.5, 0.6) is 0 Å². The molecule has 2 aromatic carbocycles. The van der Waals surface area contributed by atoms with Crippen molar-refractivity contribution in [2.24, 2.45) is 5.92 Å². The van der Waals surface area contributed by atoms with E-state index in [0.29, 0.717) is 19.8 Å². The van der Waals surface area contributed by atoms with Crippen molar-refractivity contribution in [3.05, 3.63) is 71.8 Å². The lowest BCUT2D eigenvalue weighted by atomic mass is 9.86. The number of piperidine rings is 1. The number of hydrogen-bond donors (Lipinski definition) is 2. The zero-order valence-electron chi connectivity index (χ0n) is 14.9. The Bertz CT molecular complexity index is 706. The normalized spacial score (nSPS) is 26.1. The molecule has 1 saturated heterocycles. The SMILES string of the molecule is CC1C(O)C(O)C(=O)N(Cc2ccccc2)C1COCc1ccccc1. The van der Waals surface area contributed by atoms with Crippen LogP contribution in [0, 0.1) is 5.92 Å². The Balaban J connectivity index is 1.72. The fourth-order valence-electron chi connectivity index (χ4n) is 3.37. The number of rotatable bonds is 6. The molecule has 0 spiro atoms. The van der Waals surface area contributed by atoms with Crippen LogP contribution < -0.4 is 0 Å². The molecule has 26 heavy (non-hydrogen) atoms. The summed E-state index contributed by atoms with van der Waals surface area (Å²) in [5, 5.41) is 20.3. The molecule has 2 N–H and O–H groups in total. The molecule has 1 amide bonds. The summed E-state index contributed by atoms with van der Waals surface area (Å²) in [5.41, 5.74) is 2.03. The maximum absolute atomic E-state index is 12.6. The van der Waals surface area contributed by atoms with Gasteiger partial charge in [-0.15, -0.1) is 0 Å². The molecule has 4 atom stereocenters. The van der Waals surface area contributed by atoms with E-state index < -0.39 is 18.1 Å². The average Bonchev–Trinajstić information content (AvgIpc) is 2.68. The summed E-state index contributed by atoms with van der Waals surface area (Å²) in [6, 6.07) is 19.2. The van der Waals surface area contributed by atoms with E-state index >= 15 is 0 Å². The van der Waals surface area contributed by atoms with Gasteiger partial charge in [0.2, 0.25) is 0 Å². The van der Waals surface area contributed by atoms with Gasteiger partial charge in [-0.05, 0) is 11.1 Å². The van der Waals surface area contributed by atoms with Gasteiger partial charge < -0.3 is 19.8 Å². The Morgan fingerprint density at radius 1 is 0.962 bits per heavy atom. The summed E-state index contributed by atoms with van der Waals surface area (Å²) in [6.07, 6.45) is -2.47. The summed E-state index contributed by atoms with van der Waals surface area (Å²) >= 11 is 0. The van der Waals surface area contributed by atoms with Crippen molar-refractivity contribution in [2.75, 3.05) is 6.61 Å². The van der Waals surface area contributed by atoms with Crippen molar-refractivity contribution in [1.82, 2.24) is 4.90 Å². The minimum atomic E-state index is -1.39. The summed E-state index contributed by atoms with van der Waals surface area (Å²) in [6.45, 7) is 2.97. The van der Waals surface area contributed by atoms with Crippen LogP contribution in [0.25, 0.3) is 0 Å².